The van der Waals surface area contributed by atoms with Gasteiger partial charge in [0.25, 0.3) is 15.7 Å². The minimum Gasteiger partial charge on any atom is -0.480 e. The van der Waals surface area contributed by atoms with Crippen LogP contribution in [0.3, 0.4) is 0 Å². The van der Waals surface area contributed by atoms with E-state index in [2.05, 4.69) is 0 Å². The van der Waals surface area contributed by atoms with Gasteiger partial charge >= 0.3 is 5.97 Å². The predicted octanol–water partition coefficient (Wildman–Crippen LogP) is 3.00. The Labute approximate surface area is 150 Å². The zero-order chi connectivity index (χ0) is 19.5. The summed E-state index contributed by atoms with van der Waals surface area (Å²) in [4.78, 5) is 21.2. The number of rotatable bonds is 7. The molecule has 0 spiro atoms. The molecule has 0 aliphatic heterocycles. The van der Waals surface area contributed by atoms with E-state index in [4.69, 9.17) is 0 Å². The second kappa shape index (κ2) is 7.52. The van der Waals surface area contributed by atoms with Crippen LogP contribution in [0.5, 0.6) is 0 Å². The molecule has 0 amide bonds. The molecular formula is C17H18N2O6S. The van der Waals surface area contributed by atoms with Gasteiger partial charge < -0.3 is 5.11 Å². The number of anilines is 1. The molecule has 8 nitrogen and oxygen atoms in total. The summed E-state index contributed by atoms with van der Waals surface area (Å²) in [7, 11) is -4.47. The number of hydrogen-bond donors (Lipinski definition) is 1. The molecule has 0 fully saturated rings. The number of carboxylic acid groups (broad SMARTS) is 1. The first-order chi connectivity index (χ1) is 12.2. The summed E-state index contributed by atoms with van der Waals surface area (Å²) in [6, 6.07) is 11.4. The van der Waals surface area contributed by atoms with Crippen LogP contribution in [0.25, 0.3) is 0 Å². The van der Waals surface area contributed by atoms with Crippen LogP contribution < -0.4 is 4.31 Å². The Balaban J connectivity index is 2.73. The smallest absolute Gasteiger partial charge is 0.324 e. The summed E-state index contributed by atoms with van der Waals surface area (Å²) in [6.45, 7) is 2.84. The van der Waals surface area contributed by atoms with Gasteiger partial charge in [-0.05, 0) is 23.6 Å². The summed E-state index contributed by atoms with van der Waals surface area (Å²) in [5, 5.41) is 20.5. The highest BCUT2D eigenvalue weighted by Crippen LogP contribution is 2.34. The second-order valence-electron chi connectivity index (χ2n) is 5.84. The number of aliphatic carboxylic acids is 1. The van der Waals surface area contributed by atoms with Crippen molar-refractivity contribution in [1.82, 2.24) is 0 Å². The van der Waals surface area contributed by atoms with E-state index in [9.17, 15) is 28.4 Å². The summed E-state index contributed by atoms with van der Waals surface area (Å²) >= 11 is 0. The summed E-state index contributed by atoms with van der Waals surface area (Å²) in [5.41, 5.74) is 0.198. The van der Waals surface area contributed by atoms with Gasteiger partial charge in [-0.2, -0.15) is 0 Å². The Morgan fingerprint density at radius 3 is 2.31 bits per heavy atom. The molecule has 0 heterocycles. The lowest BCUT2D eigenvalue weighted by atomic mass is 10.0. The largest absolute Gasteiger partial charge is 0.480 e. The zero-order valence-electron chi connectivity index (χ0n) is 14.2. The third-order valence-corrected chi connectivity index (χ3v) is 5.54. The van der Waals surface area contributed by atoms with Crippen molar-refractivity contribution in [3.63, 3.8) is 0 Å². The Morgan fingerprint density at radius 1 is 1.15 bits per heavy atom. The van der Waals surface area contributed by atoms with Gasteiger partial charge in [0, 0.05) is 6.07 Å². The van der Waals surface area contributed by atoms with E-state index in [1.165, 1.54) is 18.2 Å². The Hall–Kier alpha value is -2.94. The van der Waals surface area contributed by atoms with Crippen molar-refractivity contribution in [3.8, 4) is 0 Å². The maximum absolute atomic E-state index is 13.1. The molecule has 138 valence electrons. The highest BCUT2D eigenvalue weighted by atomic mass is 32.2. The number of nitro groups is 1. The molecule has 1 N–H and O–H groups in total. The van der Waals surface area contributed by atoms with E-state index in [1.807, 2.05) is 13.8 Å². The molecule has 2 rings (SSSR count). The Morgan fingerprint density at radius 2 is 1.73 bits per heavy atom. The van der Waals surface area contributed by atoms with E-state index in [0.717, 1.165) is 12.1 Å². The molecule has 0 aliphatic carbocycles. The lowest BCUT2D eigenvalue weighted by Crippen LogP contribution is -2.36. The molecule has 0 saturated heterocycles. The highest BCUT2D eigenvalue weighted by molar-refractivity contribution is 7.93. The van der Waals surface area contributed by atoms with E-state index >= 15 is 0 Å². The van der Waals surface area contributed by atoms with Gasteiger partial charge in [0.15, 0.2) is 4.90 Å². The maximum Gasteiger partial charge on any atom is 0.324 e. The number of sulfonamides is 1. The average Bonchev–Trinajstić information content (AvgIpc) is 2.59. The second-order valence-corrected chi connectivity index (χ2v) is 7.67. The standard InChI is InChI=1S/C17H18N2O6S/c1-12(2)13-7-3-4-8-14(13)18(11-17(20)21)26(24,25)16-10-6-5-9-15(16)19(22)23/h3-10,12H,11H2,1-2H3,(H,20,21). The first-order valence-electron chi connectivity index (χ1n) is 7.73. The monoisotopic (exact) mass is 378 g/mol. The number of carbonyl (C=O) groups is 1. The van der Waals surface area contributed by atoms with Crippen LogP contribution in [0, 0.1) is 10.1 Å². The van der Waals surface area contributed by atoms with Crippen LogP contribution in [0.4, 0.5) is 11.4 Å². The molecular weight excluding hydrogens is 360 g/mol. The maximum atomic E-state index is 13.1. The molecule has 2 aromatic carbocycles. The number of benzene rings is 2. The highest BCUT2D eigenvalue weighted by Gasteiger charge is 2.34. The van der Waals surface area contributed by atoms with Crippen LogP contribution in [0.2, 0.25) is 0 Å². The number of carboxylic acids is 1. The van der Waals surface area contributed by atoms with E-state index in [-0.39, 0.29) is 11.6 Å². The minimum absolute atomic E-state index is 0.0801. The van der Waals surface area contributed by atoms with Crippen molar-refractivity contribution in [1.29, 1.82) is 0 Å². The van der Waals surface area contributed by atoms with Gasteiger partial charge in [-0.25, -0.2) is 8.42 Å². The SMILES string of the molecule is CC(C)c1ccccc1N(CC(=O)O)S(=O)(=O)c1ccccc1[N+](=O)[O-]. The quantitative estimate of drug-likeness (QED) is 0.584. The fourth-order valence-electron chi connectivity index (χ4n) is 2.57. The van der Waals surface area contributed by atoms with Crippen LogP contribution in [0.15, 0.2) is 53.4 Å². The third-order valence-electron chi connectivity index (χ3n) is 3.74. The summed E-state index contributed by atoms with van der Waals surface area (Å²) in [6.07, 6.45) is 0. The van der Waals surface area contributed by atoms with Gasteiger partial charge in [-0.3, -0.25) is 19.2 Å². The molecule has 0 unspecified atom stereocenters. The van der Waals surface area contributed by atoms with Gasteiger partial charge in [0.05, 0.1) is 10.6 Å². The van der Waals surface area contributed by atoms with Crippen LogP contribution in [-0.2, 0) is 14.8 Å². The molecule has 2 aromatic rings. The number of hydrogen-bond acceptors (Lipinski definition) is 5. The van der Waals surface area contributed by atoms with E-state index in [1.54, 1.807) is 18.2 Å². The molecule has 9 heteroatoms. The predicted molar refractivity (Wildman–Crippen MR) is 95.8 cm³/mol. The lowest BCUT2D eigenvalue weighted by Gasteiger charge is -2.26. The van der Waals surface area contributed by atoms with Gasteiger partial charge in [0.2, 0.25) is 0 Å². The molecule has 0 aromatic heterocycles. The van der Waals surface area contributed by atoms with Crippen molar-refractivity contribution in [2.45, 2.75) is 24.7 Å². The van der Waals surface area contributed by atoms with Crippen LogP contribution >= 0.6 is 0 Å². The summed E-state index contributed by atoms with van der Waals surface area (Å²) in [5.74, 6) is -1.45. The fraction of sp³-hybridized carbons (Fsp3) is 0.235. The molecule has 0 bridgehead atoms. The van der Waals surface area contributed by atoms with Crippen molar-refractivity contribution in [2.75, 3.05) is 10.8 Å². The minimum atomic E-state index is -4.47. The van der Waals surface area contributed by atoms with E-state index < -0.39 is 38.0 Å². The van der Waals surface area contributed by atoms with Crippen molar-refractivity contribution in [3.05, 3.63) is 64.2 Å². The molecule has 0 saturated carbocycles. The fourth-order valence-corrected chi connectivity index (χ4v) is 4.17. The van der Waals surface area contributed by atoms with E-state index in [0.29, 0.717) is 9.87 Å². The number of nitrogens with zero attached hydrogens (tertiary/aromatic N) is 2. The van der Waals surface area contributed by atoms with Crippen molar-refractivity contribution < 1.29 is 23.2 Å². The van der Waals surface area contributed by atoms with Gasteiger partial charge in [0.1, 0.15) is 6.54 Å². The zero-order valence-corrected chi connectivity index (χ0v) is 15.0. The number of nitro benzene ring substituents is 1. The van der Waals surface area contributed by atoms with Gasteiger partial charge in [-0.15, -0.1) is 0 Å². The van der Waals surface area contributed by atoms with Crippen LogP contribution in [-0.4, -0.2) is 31.0 Å². The first kappa shape index (κ1) is 19.4. The van der Waals surface area contributed by atoms with Crippen molar-refractivity contribution >= 4 is 27.4 Å². The number of para-hydroxylation sites is 2. The topological polar surface area (TPSA) is 118 Å². The Kier molecular flexibility index (Phi) is 5.61. The molecule has 26 heavy (non-hydrogen) atoms. The third kappa shape index (κ3) is 3.83. The van der Waals surface area contributed by atoms with Gasteiger partial charge in [-0.1, -0.05) is 44.2 Å². The van der Waals surface area contributed by atoms with Crippen LogP contribution in [0.1, 0.15) is 25.3 Å². The summed E-state index contributed by atoms with van der Waals surface area (Å²) < 4.78 is 27.0. The molecule has 0 atom stereocenters. The molecule has 0 radical (unpaired) electrons. The van der Waals surface area contributed by atoms with Crippen molar-refractivity contribution in [2.24, 2.45) is 0 Å². The average molecular weight is 378 g/mol. The lowest BCUT2D eigenvalue weighted by molar-refractivity contribution is -0.387. The Bertz CT molecular complexity index is 940. The molecule has 0 aliphatic rings. The normalized spacial score (nSPS) is 11.3. The first-order valence-corrected chi connectivity index (χ1v) is 9.17.